The van der Waals surface area contributed by atoms with Gasteiger partial charge >= 0.3 is 0 Å². The zero-order valence-corrected chi connectivity index (χ0v) is 19.1. The molecular formula is C20H32FIN6O. The van der Waals surface area contributed by atoms with Gasteiger partial charge in [-0.15, -0.1) is 24.0 Å². The summed E-state index contributed by atoms with van der Waals surface area (Å²) in [5, 5.41) is 0. The molecule has 0 radical (unpaired) electrons. The highest BCUT2D eigenvalue weighted by atomic mass is 127. The lowest BCUT2D eigenvalue weighted by Crippen LogP contribution is -2.51. The molecule has 3 rings (SSSR count). The highest BCUT2D eigenvalue weighted by Crippen LogP contribution is 2.17. The minimum atomic E-state index is -0.214. The zero-order valence-electron chi connectivity index (χ0n) is 16.8. The molecule has 29 heavy (non-hydrogen) atoms. The number of carbonyl (C=O) groups is 1. The van der Waals surface area contributed by atoms with E-state index < -0.39 is 0 Å². The number of hydrogen-bond acceptors (Lipinski definition) is 4. The summed E-state index contributed by atoms with van der Waals surface area (Å²) in [4.78, 5) is 22.5. The molecule has 0 aliphatic carbocycles. The van der Waals surface area contributed by atoms with Crippen molar-refractivity contribution >= 4 is 41.5 Å². The second-order valence-corrected chi connectivity index (χ2v) is 7.59. The van der Waals surface area contributed by atoms with Crippen molar-refractivity contribution in [2.75, 3.05) is 57.3 Å². The third-order valence-electron chi connectivity index (χ3n) is 5.61. The molecule has 0 bridgehead atoms. The van der Waals surface area contributed by atoms with E-state index in [2.05, 4.69) is 19.7 Å². The Morgan fingerprint density at radius 1 is 1.10 bits per heavy atom. The third-order valence-corrected chi connectivity index (χ3v) is 5.61. The number of aliphatic imine (C=N–C) groups is 1. The van der Waals surface area contributed by atoms with Crippen LogP contribution in [0.25, 0.3) is 0 Å². The van der Waals surface area contributed by atoms with E-state index in [9.17, 15) is 9.18 Å². The molecule has 1 unspecified atom stereocenters. The average Bonchev–Trinajstić information content (AvgIpc) is 2.72. The van der Waals surface area contributed by atoms with Crippen molar-refractivity contribution in [2.24, 2.45) is 22.4 Å². The number of amides is 1. The lowest BCUT2D eigenvalue weighted by Gasteiger charge is -2.36. The van der Waals surface area contributed by atoms with Gasteiger partial charge in [0.2, 0.25) is 5.91 Å². The predicted molar refractivity (Wildman–Crippen MR) is 125 cm³/mol. The van der Waals surface area contributed by atoms with Gasteiger partial charge in [-0.05, 0) is 56.6 Å². The second kappa shape index (κ2) is 11.5. The number of piperazine rings is 1. The van der Waals surface area contributed by atoms with Crippen LogP contribution in [-0.2, 0) is 4.79 Å². The van der Waals surface area contributed by atoms with Gasteiger partial charge in [0, 0.05) is 45.0 Å². The first-order valence-electron chi connectivity index (χ1n) is 10.1. The first-order valence-corrected chi connectivity index (χ1v) is 10.1. The fraction of sp³-hybridized carbons (Fsp3) is 0.600. The number of piperidine rings is 1. The molecular weight excluding hydrogens is 486 g/mol. The summed E-state index contributed by atoms with van der Waals surface area (Å²) >= 11 is 0. The van der Waals surface area contributed by atoms with Crippen LogP contribution in [0, 0.1) is 11.7 Å². The number of anilines is 1. The largest absolute Gasteiger partial charge is 0.370 e. The standard InChI is InChI=1S/C20H31FN6O.HI/c21-17-4-6-18(7-5-17)26-11-13-27(14-12-26)20(23)24-8-2-10-25-9-1-3-16(15-25)19(22)28;/h4-7,16H,1-3,8-15H2,(H2,22,28)(H2,23,24);1H. The monoisotopic (exact) mass is 518 g/mol. The van der Waals surface area contributed by atoms with E-state index in [1.807, 2.05) is 12.1 Å². The van der Waals surface area contributed by atoms with Gasteiger partial charge in [0.05, 0.1) is 5.92 Å². The van der Waals surface area contributed by atoms with E-state index in [0.29, 0.717) is 12.5 Å². The van der Waals surface area contributed by atoms with Crippen molar-refractivity contribution in [1.29, 1.82) is 0 Å². The molecule has 0 saturated carbocycles. The molecule has 2 saturated heterocycles. The molecule has 0 aromatic heterocycles. The number of nitrogens with two attached hydrogens (primary N) is 2. The number of primary amides is 1. The van der Waals surface area contributed by atoms with Gasteiger partial charge in [0.15, 0.2) is 5.96 Å². The Morgan fingerprint density at radius 2 is 1.79 bits per heavy atom. The minimum absolute atomic E-state index is 0. The Bertz CT molecular complexity index is 678. The highest BCUT2D eigenvalue weighted by Gasteiger charge is 2.23. The minimum Gasteiger partial charge on any atom is -0.370 e. The summed E-state index contributed by atoms with van der Waals surface area (Å²) in [5.41, 5.74) is 12.6. The number of halogens is 2. The Morgan fingerprint density at radius 3 is 2.45 bits per heavy atom. The third kappa shape index (κ3) is 6.98. The Hall–Kier alpha value is -1.62. The molecule has 2 aliphatic heterocycles. The van der Waals surface area contributed by atoms with Crippen LogP contribution in [0.3, 0.4) is 0 Å². The molecule has 1 aromatic rings. The Kier molecular flexibility index (Phi) is 9.41. The first kappa shape index (κ1) is 23.7. The maximum Gasteiger partial charge on any atom is 0.221 e. The van der Waals surface area contributed by atoms with Gasteiger partial charge in [-0.3, -0.25) is 9.79 Å². The maximum atomic E-state index is 13.1. The molecule has 2 aliphatic rings. The van der Waals surface area contributed by atoms with Crippen LogP contribution in [0.15, 0.2) is 29.3 Å². The predicted octanol–water partition coefficient (Wildman–Crippen LogP) is 1.47. The number of guanidine groups is 1. The van der Waals surface area contributed by atoms with Crippen LogP contribution >= 0.6 is 24.0 Å². The summed E-state index contributed by atoms with van der Waals surface area (Å²) < 4.78 is 13.1. The molecule has 1 amide bonds. The molecule has 1 atom stereocenters. The molecule has 2 heterocycles. The summed E-state index contributed by atoms with van der Waals surface area (Å²) in [7, 11) is 0. The Balaban J connectivity index is 0.00000300. The zero-order chi connectivity index (χ0) is 19.9. The second-order valence-electron chi connectivity index (χ2n) is 7.59. The maximum absolute atomic E-state index is 13.1. The van der Waals surface area contributed by atoms with Gasteiger partial charge < -0.3 is 26.2 Å². The van der Waals surface area contributed by atoms with Gasteiger partial charge in [0.25, 0.3) is 0 Å². The first-order chi connectivity index (χ1) is 13.5. The van der Waals surface area contributed by atoms with E-state index in [-0.39, 0.29) is 41.6 Å². The van der Waals surface area contributed by atoms with Crippen molar-refractivity contribution in [2.45, 2.75) is 19.3 Å². The van der Waals surface area contributed by atoms with E-state index in [0.717, 1.165) is 70.8 Å². The van der Waals surface area contributed by atoms with Crippen LogP contribution in [0.4, 0.5) is 10.1 Å². The molecule has 4 N–H and O–H groups in total. The highest BCUT2D eigenvalue weighted by molar-refractivity contribution is 14.0. The van der Waals surface area contributed by atoms with Crippen LogP contribution in [0.1, 0.15) is 19.3 Å². The van der Waals surface area contributed by atoms with Gasteiger partial charge in [0.1, 0.15) is 5.82 Å². The van der Waals surface area contributed by atoms with Crippen LogP contribution < -0.4 is 16.4 Å². The van der Waals surface area contributed by atoms with Gasteiger partial charge in [-0.2, -0.15) is 0 Å². The summed E-state index contributed by atoms with van der Waals surface area (Å²) in [5.74, 6) is 0.173. The van der Waals surface area contributed by atoms with Crippen molar-refractivity contribution in [3.8, 4) is 0 Å². The summed E-state index contributed by atoms with van der Waals surface area (Å²) in [6.07, 6.45) is 2.85. The van der Waals surface area contributed by atoms with Crippen molar-refractivity contribution in [1.82, 2.24) is 9.80 Å². The van der Waals surface area contributed by atoms with Crippen LogP contribution in [-0.4, -0.2) is 74.0 Å². The lowest BCUT2D eigenvalue weighted by molar-refractivity contribution is -0.123. The molecule has 1 aromatic carbocycles. The number of rotatable bonds is 6. The normalized spacial score (nSPS) is 21.0. The fourth-order valence-electron chi connectivity index (χ4n) is 3.92. The van der Waals surface area contributed by atoms with Gasteiger partial charge in [-0.1, -0.05) is 0 Å². The number of hydrogen-bond donors (Lipinski definition) is 2. The van der Waals surface area contributed by atoms with Crippen molar-refractivity contribution < 1.29 is 9.18 Å². The van der Waals surface area contributed by atoms with E-state index in [1.54, 1.807) is 0 Å². The molecule has 7 nitrogen and oxygen atoms in total. The summed E-state index contributed by atoms with van der Waals surface area (Å²) in [6, 6.07) is 6.61. The number of benzene rings is 1. The van der Waals surface area contributed by atoms with Gasteiger partial charge in [-0.25, -0.2) is 4.39 Å². The number of nitrogens with zero attached hydrogens (tertiary/aromatic N) is 4. The SMILES string of the molecule is I.NC(=O)C1CCCN(CCCN=C(N)N2CCN(c3ccc(F)cc3)CC2)C1. The molecule has 2 fully saturated rings. The Labute approximate surface area is 189 Å². The van der Waals surface area contributed by atoms with E-state index >= 15 is 0 Å². The van der Waals surface area contributed by atoms with Crippen molar-refractivity contribution in [3.63, 3.8) is 0 Å². The van der Waals surface area contributed by atoms with Crippen LogP contribution in [0.2, 0.25) is 0 Å². The molecule has 162 valence electrons. The molecule has 9 heteroatoms. The fourth-order valence-corrected chi connectivity index (χ4v) is 3.92. The van der Waals surface area contributed by atoms with E-state index in [4.69, 9.17) is 11.5 Å². The topological polar surface area (TPSA) is 91.2 Å². The summed E-state index contributed by atoms with van der Waals surface area (Å²) in [6.45, 7) is 6.67. The average molecular weight is 518 g/mol. The quantitative estimate of drug-likeness (QED) is 0.258. The smallest absolute Gasteiger partial charge is 0.221 e. The van der Waals surface area contributed by atoms with Crippen molar-refractivity contribution in [3.05, 3.63) is 30.1 Å². The van der Waals surface area contributed by atoms with Crippen LogP contribution in [0.5, 0.6) is 0 Å². The number of likely N-dealkylation sites (tertiary alicyclic amines) is 1. The molecule has 0 spiro atoms. The lowest BCUT2D eigenvalue weighted by atomic mass is 9.97. The van der Waals surface area contributed by atoms with E-state index in [1.165, 1.54) is 12.1 Å². The number of carbonyl (C=O) groups excluding carboxylic acids is 1.